The average molecular weight is 354 g/mol. The smallest absolute Gasteiger partial charge is 0.266 e. The number of pyridine rings is 1. The third kappa shape index (κ3) is 1.89. The number of rotatable bonds is 2. The number of primary amides is 1. The van der Waals surface area contributed by atoms with E-state index in [2.05, 4.69) is 20.9 Å². The van der Waals surface area contributed by atoms with Gasteiger partial charge in [0.15, 0.2) is 0 Å². The van der Waals surface area contributed by atoms with Crippen LogP contribution in [0.5, 0.6) is 5.88 Å². The Morgan fingerprint density at radius 1 is 1.40 bits per heavy atom. The zero-order chi connectivity index (χ0) is 14.3. The molecule has 0 saturated carbocycles. The first-order chi connectivity index (χ1) is 9.54. The lowest BCUT2D eigenvalue weighted by Crippen LogP contribution is -2.45. The lowest BCUT2D eigenvalue weighted by Gasteiger charge is -2.25. The second-order valence-electron chi connectivity index (χ2n) is 4.54. The molecule has 6 heteroatoms. The molecule has 1 aromatic carbocycles. The van der Waals surface area contributed by atoms with Crippen LogP contribution < -0.4 is 10.5 Å². The Balaban J connectivity index is 2.14. The maximum atomic E-state index is 12.0. The van der Waals surface area contributed by atoms with E-state index in [9.17, 15) is 4.79 Å². The van der Waals surface area contributed by atoms with Gasteiger partial charge in [-0.15, -0.1) is 0 Å². The van der Waals surface area contributed by atoms with Crippen molar-refractivity contribution in [1.82, 2.24) is 4.98 Å². The Labute approximate surface area is 129 Å². The molecule has 0 radical (unpaired) electrons. The molecular weight excluding hydrogens is 344 g/mol. The van der Waals surface area contributed by atoms with Gasteiger partial charge in [0, 0.05) is 22.0 Å². The summed E-state index contributed by atoms with van der Waals surface area (Å²) in [5, 5.41) is 0.473. The molecule has 0 aliphatic carbocycles. The van der Waals surface area contributed by atoms with E-state index in [0.717, 1.165) is 5.56 Å². The molecule has 1 aliphatic heterocycles. The van der Waals surface area contributed by atoms with Crippen LogP contribution in [0.4, 0.5) is 0 Å². The molecule has 1 aliphatic rings. The first-order valence-corrected chi connectivity index (χ1v) is 7.09. The van der Waals surface area contributed by atoms with Crippen LogP contribution in [0.25, 0.3) is 0 Å². The number of nitrogens with zero attached hydrogens (tertiary/aromatic N) is 1. The second kappa shape index (κ2) is 4.75. The van der Waals surface area contributed by atoms with E-state index < -0.39 is 11.5 Å². The second-order valence-corrected chi connectivity index (χ2v) is 5.74. The zero-order valence-electron chi connectivity index (χ0n) is 10.3. The number of amides is 1. The van der Waals surface area contributed by atoms with E-state index in [-0.39, 0.29) is 0 Å². The van der Waals surface area contributed by atoms with Crippen molar-refractivity contribution in [2.75, 3.05) is 0 Å². The minimum absolute atomic E-state index is 0.301. The summed E-state index contributed by atoms with van der Waals surface area (Å²) < 4.78 is 6.49. The van der Waals surface area contributed by atoms with Gasteiger partial charge in [-0.05, 0) is 15.9 Å². The van der Waals surface area contributed by atoms with E-state index in [1.165, 1.54) is 6.20 Å². The molecule has 0 fully saturated rings. The van der Waals surface area contributed by atoms with Crippen LogP contribution in [0.15, 0.2) is 41.0 Å². The molecule has 1 amide bonds. The lowest BCUT2D eigenvalue weighted by atomic mass is 9.88. The van der Waals surface area contributed by atoms with Gasteiger partial charge < -0.3 is 10.5 Å². The van der Waals surface area contributed by atoms with Crippen LogP contribution in [-0.2, 0) is 16.8 Å². The summed E-state index contributed by atoms with van der Waals surface area (Å²) in [6.07, 6.45) is 1.78. The standard InChI is InChI=1S/C14H10BrClN2O2/c15-11-9-6-14(13(17)19,8-4-2-1-3-5-8)20-12(9)18-7-10(11)16/h1-5,7H,6H2,(H2,17,19)/t14-/m0/s1. The predicted octanol–water partition coefficient (Wildman–Crippen LogP) is 2.81. The largest absolute Gasteiger partial charge is 0.455 e. The Morgan fingerprint density at radius 2 is 2.10 bits per heavy atom. The number of hydrogen-bond donors (Lipinski definition) is 1. The van der Waals surface area contributed by atoms with Gasteiger partial charge in [-0.2, -0.15) is 0 Å². The van der Waals surface area contributed by atoms with Gasteiger partial charge in [0.1, 0.15) is 0 Å². The molecule has 2 N–H and O–H groups in total. The normalized spacial score (nSPS) is 20.3. The number of aromatic nitrogens is 1. The third-order valence-electron chi connectivity index (χ3n) is 3.36. The fourth-order valence-corrected chi connectivity index (χ4v) is 2.90. The Morgan fingerprint density at radius 3 is 2.75 bits per heavy atom. The van der Waals surface area contributed by atoms with Gasteiger partial charge in [0.25, 0.3) is 5.91 Å². The molecule has 102 valence electrons. The number of ether oxygens (including phenoxy) is 1. The summed E-state index contributed by atoms with van der Waals surface area (Å²) in [6, 6.07) is 9.16. The highest BCUT2D eigenvalue weighted by Gasteiger charge is 2.48. The quantitative estimate of drug-likeness (QED) is 0.903. The van der Waals surface area contributed by atoms with Gasteiger partial charge in [-0.1, -0.05) is 41.9 Å². The van der Waals surface area contributed by atoms with Crippen molar-refractivity contribution in [2.45, 2.75) is 12.0 Å². The van der Waals surface area contributed by atoms with Gasteiger partial charge >= 0.3 is 0 Å². The van der Waals surface area contributed by atoms with E-state index in [1.54, 1.807) is 0 Å². The molecule has 0 bridgehead atoms. The minimum Gasteiger partial charge on any atom is -0.455 e. The molecule has 0 spiro atoms. The number of hydrogen-bond acceptors (Lipinski definition) is 3. The first-order valence-electron chi connectivity index (χ1n) is 5.92. The molecule has 2 heterocycles. The SMILES string of the molecule is NC(=O)[C@@]1(c2ccccc2)Cc2c(ncc(Cl)c2Br)O1. The van der Waals surface area contributed by atoms with Crippen molar-refractivity contribution < 1.29 is 9.53 Å². The number of fused-ring (bicyclic) bond motifs is 1. The van der Waals surface area contributed by atoms with Crippen LogP contribution in [0.1, 0.15) is 11.1 Å². The summed E-state index contributed by atoms with van der Waals surface area (Å²) in [4.78, 5) is 16.1. The number of carbonyl (C=O) groups excluding carboxylic acids is 1. The molecule has 20 heavy (non-hydrogen) atoms. The van der Waals surface area contributed by atoms with Gasteiger partial charge in [0.2, 0.25) is 11.5 Å². The minimum atomic E-state index is -1.23. The summed E-state index contributed by atoms with van der Waals surface area (Å²) >= 11 is 9.43. The number of halogens is 2. The van der Waals surface area contributed by atoms with Crippen molar-refractivity contribution in [3.8, 4) is 5.88 Å². The average Bonchev–Trinajstić information content (AvgIpc) is 2.86. The highest BCUT2D eigenvalue weighted by molar-refractivity contribution is 9.10. The van der Waals surface area contributed by atoms with E-state index in [0.29, 0.717) is 27.4 Å². The topological polar surface area (TPSA) is 65.2 Å². The van der Waals surface area contributed by atoms with Gasteiger partial charge in [-0.3, -0.25) is 4.79 Å². The number of carbonyl (C=O) groups is 1. The maximum absolute atomic E-state index is 12.0. The number of benzene rings is 1. The van der Waals surface area contributed by atoms with E-state index in [1.807, 2.05) is 30.3 Å². The van der Waals surface area contributed by atoms with Crippen molar-refractivity contribution in [1.29, 1.82) is 0 Å². The van der Waals surface area contributed by atoms with Crippen LogP contribution in [0.2, 0.25) is 5.02 Å². The van der Waals surface area contributed by atoms with Gasteiger partial charge in [0.05, 0.1) is 11.2 Å². The Bertz CT molecular complexity index is 693. The molecule has 2 aromatic rings. The zero-order valence-corrected chi connectivity index (χ0v) is 12.6. The summed E-state index contributed by atoms with van der Waals surface area (Å²) in [5.74, 6) is -0.173. The molecule has 3 rings (SSSR count). The fraction of sp³-hybridized carbons (Fsp3) is 0.143. The van der Waals surface area contributed by atoms with Crippen molar-refractivity contribution in [2.24, 2.45) is 5.73 Å². The molecule has 1 atom stereocenters. The summed E-state index contributed by atoms with van der Waals surface area (Å²) in [6.45, 7) is 0. The summed E-state index contributed by atoms with van der Waals surface area (Å²) in [7, 11) is 0. The van der Waals surface area contributed by atoms with Crippen LogP contribution in [0.3, 0.4) is 0 Å². The molecule has 0 saturated heterocycles. The first kappa shape index (κ1) is 13.4. The third-order valence-corrected chi connectivity index (χ3v) is 4.78. The van der Waals surface area contributed by atoms with Gasteiger partial charge in [-0.25, -0.2) is 4.98 Å². The maximum Gasteiger partial charge on any atom is 0.266 e. The monoisotopic (exact) mass is 352 g/mol. The molecule has 4 nitrogen and oxygen atoms in total. The van der Waals surface area contributed by atoms with E-state index in [4.69, 9.17) is 22.1 Å². The molecular formula is C14H10BrClN2O2. The Hall–Kier alpha value is -1.59. The summed E-state index contributed by atoms with van der Waals surface area (Å²) in [5.41, 5.74) is 5.81. The predicted molar refractivity (Wildman–Crippen MR) is 78.6 cm³/mol. The van der Waals surface area contributed by atoms with Crippen molar-refractivity contribution >= 4 is 33.4 Å². The fourth-order valence-electron chi connectivity index (χ4n) is 2.33. The number of nitrogens with two attached hydrogens (primary N) is 1. The van der Waals surface area contributed by atoms with Crippen molar-refractivity contribution in [3.63, 3.8) is 0 Å². The highest BCUT2D eigenvalue weighted by atomic mass is 79.9. The highest BCUT2D eigenvalue weighted by Crippen LogP contribution is 2.44. The van der Waals surface area contributed by atoms with Crippen LogP contribution in [-0.4, -0.2) is 10.9 Å². The van der Waals surface area contributed by atoms with Crippen molar-refractivity contribution in [3.05, 3.63) is 57.2 Å². The van der Waals surface area contributed by atoms with Crippen LogP contribution in [0, 0.1) is 0 Å². The Kier molecular flexibility index (Phi) is 3.18. The molecule has 0 unspecified atom stereocenters. The lowest BCUT2D eigenvalue weighted by molar-refractivity contribution is -0.133. The van der Waals surface area contributed by atoms with Crippen LogP contribution >= 0.6 is 27.5 Å². The van der Waals surface area contributed by atoms with E-state index >= 15 is 0 Å². The molecule has 1 aromatic heterocycles.